The van der Waals surface area contributed by atoms with Gasteiger partial charge in [-0.3, -0.25) is 0 Å². The van der Waals surface area contributed by atoms with E-state index in [1.807, 2.05) is 45.3 Å². The average Bonchev–Trinajstić information content (AvgIpc) is 3.49. The first-order valence-electron chi connectivity index (χ1n) is 9.97. The fourth-order valence-corrected chi connectivity index (χ4v) is 2.70. The van der Waals surface area contributed by atoms with Crippen LogP contribution in [0.25, 0.3) is 0 Å². The zero-order chi connectivity index (χ0) is 21.9. The van der Waals surface area contributed by atoms with Crippen molar-refractivity contribution in [3.63, 3.8) is 0 Å². The van der Waals surface area contributed by atoms with E-state index >= 15 is 0 Å². The molecule has 0 aliphatic heterocycles. The van der Waals surface area contributed by atoms with Crippen molar-refractivity contribution in [1.82, 2.24) is 20.3 Å². The van der Waals surface area contributed by atoms with E-state index in [0.717, 1.165) is 10.7 Å². The van der Waals surface area contributed by atoms with E-state index in [1.165, 1.54) is 5.01 Å². The maximum absolute atomic E-state index is 4.63. The first kappa shape index (κ1) is 28.6. The van der Waals surface area contributed by atoms with Gasteiger partial charge in [0.15, 0.2) is 0 Å². The summed E-state index contributed by atoms with van der Waals surface area (Å²) in [5.74, 6) is 1.60. The number of rotatable bonds is 3. The Labute approximate surface area is 179 Å². The van der Waals surface area contributed by atoms with Gasteiger partial charge in [0.1, 0.15) is 16.8 Å². The van der Waals surface area contributed by atoms with Crippen LogP contribution in [0, 0.1) is 0 Å². The van der Waals surface area contributed by atoms with Gasteiger partial charge in [0, 0.05) is 29.5 Å². The lowest BCUT2D eigenvalue weighted by molar-refractivity contribution is 0.408. The standard InChI is InChI=1S/C6H9NO.C6H9NS.C5H8N2S.2C2H6/c1-5(2)6-3-4-8-7-6;1-5(2)6-7-3-4-8-6;1-4(2)5-7-6-3-8-5;2*1-2/h2*3-5H,1-2H3;3-4H,1-2H3;2*1-2H3. The van der Waals surface area contributed by atoms with Gasteiger partial charge < -0.3 is 4.52 Å². The van der Waals surface area contributed by atoms with Crippen LogP contribution in [0.2, 0.25) is 0 Å². The molecule has 3 aromatic heterocycles. The van der Waals surface area contributed by atoms with Crippen molar-refractivity contribution in [2.75, 3.05) is 0 Å². The Morgan fingerprint density at radius 2 is 1.43 bits per heavy atom. The molecule has 0 aromatic carbocycles. The predicted octanol–water partition coefficient (Wildman–Crippen LogP) is 7.78. The molecule has 0 fully saturated rings. The zero-order valence-corrected chi connectivity index (χ0v) is 20.8. The van der Waals surface area contributed by atoms with Gasteiger partial charge in [-0.05, 0) is 5.92 Å². The maximum atomic E-state index is 4.63. The molecule has 5 nitrogen and oxygen atoms in total. The second-order valence-corrected chi connectivity index (χ2v) is 7.83. The molecule has 28 heavy (non-hydrogen) atoms. The maximum Gasteiger partial charge on any atom is 0.124 e. The molecule has 0 unspecified atom stereocenters. The molecule has 0 bridgehead atoms. The second kappa shape index (κ2) is 18.7. The molecule has 3 aromatic rings. The fraction of sp³-hybridized carbons (Fsp3) is 0.619. The quantitative estimate of drug-likeness (QED) is 0.428. The summed E-state index contributed by atoms with van der Waals surface area (Å²) in [7, 11) is 0. The third-order valence-electron chi connectivity index (χ3n) is 2.87. The summed E-state index contributed by atoms with van der Waals surface area (Å²) < 4.78 is 4.63. The summed E-state index contributed by atoms with van der Waals surface area (Å²) in [6.07, 6.45) is 3.44. The van der Waals surface area contributed by atoms with Crippen molar-refractivity contribution >= 4 is 22.7 Å². The van der Waals surface area contributed by atoms with Crippen molar-refractivity contribution in [2.24, 2.45) is 0 Å². The van der Waals surface area contributed by atoms with Crippen LogP contribution in [-0.2, 0) is 0 Å². The highest BCUT2D eigenvalue weighted by molar-refractivity contribution is 7.09. The van der Waals surface area contributed by atoms with Gasteiger partial charge in [-0.25, -0.2) is 4.98 Å². The van der Waals surface area contributed by atoms with Crippen LogP contribution in [0.1, 0.15) is 103 Å². The summed E-state index contributed by atoms with van der Waals surface area (Å²) in [4.78, 5) is 4.13. The van der Waals surface area contributed by atoms with E-state index in [1.54, 1.807) is 34.4 Å². The Kier molecular flexibility index (Phi) is 19.2. The van der Waals surface area contributed by atoms with E-state index in [4.69, 9.17) is 0 Å². The molecule has 0 radical (unpaired) electrons. The largest absolute Gasteiger partial charge is 0.365 e. The third kappa shape index (κ3) is 13.6. The molecule has 0 amide bonds. The molecule has 0 saturated carbocycles. The number of nitrogens with zero attached hydrogens (tertiary/aromatic N) is 4. The van der Waals surface area contributed by atoms with Gasteiger partial charge in [-0.2, -0.15) is 0 Å². The SMILES string of the molecule is CC.CC.CC(C)c1ccon1.CC(C)c1nccs1.CC(C)c1nncs1. The fourth-order valence-electron chi connectivity index (χ4n) is 1.47. The summed E-state index contributed by atoms with van der Waals surface area (Å²) >= 11 is 3.33. The normalized spacial score (nSPS) is 9.32. The lowest BCUT2D eigenvalue weighted by Gasteiger charge is -1.93. The van der Waals surface area contributed by atoms with E-state index in [0.29, 0.717) is 17.8 Å². The number of thiazole rings is 1. The number of hydrogen-bond acceptors (Lipinski definition) is 7. The van der Waals surface area contributed by atoms with Crippen LogP contribution in [0.5, 0.6) is 0 Å². The summed E-state index contributed by atoms with van der Waals surface area (Å²) in [6.45, 7) is 20.7. The van der Waals surface area contributed by atoms with Crippen LogP contribution < -0.4 is 0 Å². The molecule has 0 aliphatic rings. The molecule has 0 aliphatic carbocycles. The second-order valence-electron chi connectivity index (χ2n) is 6.04. The molecule has 3 heterocycles. The van der Waals surface area contributed by atoms with Crippen LogP contribution in [0.3, 0.4) is 0 Å². The van der Waals surface area contributed by atoms with Gasteiger partial charge in [0.05, 0.1) is 10.7 Å². The van der Waals surface area contributed by atoms with Crippen LogP contribution in [0.15, 0.2) is 33.9 Å². The van der Waals surface area contributed by atoms with Gasteiger partial charge in [-0.1, -0.05) is 74.4 Å². The number of aromatic nitrogens is 4. The van der Waals surface area contributed by atoms with Crippen LogP contribution in [0.4, 0.5) is 0 Å². The molecule has 0 spiro atoms. The summed E-state index contributed by atoms with van der Waals surface area (Å²) in [5, 5.41) is 15.7. The topological polar surface area (TPSA) is 64.7 Å². The summed E-state index contributed by atoms with van der Waals surface area (Å²) in [6, 6.07) is 1.88. The number of hydrogen-bond donors (Lipinski definition) is 0. The van der Waals surface area contributed by atoms with Crippen molar-refractivity contribution in [2.45, 2.75) is 87.0 Å². The molecule has 160 valence electrons. The van der Waals surface area contributed by atoms with Gasteiger partial charge in [0.2, 0.25) is 0 Å². The minimum Gasteiger partial charge on any atom is -0.365 e. The van der Waals surface area contributed by atoms with Gasteiger partial charge >= 0.3 is 0 Å². The monoisotopic (exact) mass is 426 g/mol. The zero-order valence-electron chi connectivity index (χ0n) is 19.1. The predicted molar refractivity (Wildman–Crippen MR) is 123 cm³/mol. The molecule has 7 heteroatoms. The summed E-state index contributed by atoms with van der Waals surface area (Å²) in [5.41, 5.74) is 2.78. The first-order valence-corrected chi connectivity index (χ1v) is 11.7. The minimum absolute atomic E-state index is 0.480. The van der Waals surface area contributed by atoms with Crippen LogP contribution in [-0.4, -0.2) is 20.3 Å². The smallest absolute Gasteiger partial charge is 0.124 e. The third-order valence-corrected chi connectivity index (χ3v) is 4.94. The van der Waals surface area contributed by atoms with Gasteiger partial charge in [0.25, 0.3) is 0 Å². The van der Waals surface area contributed by atoms with Gasteiger partial charge in [-0.15, -0.1) is 32.9 Å². The Morgan fingerprint density at radius 3 is 1.64 bits per heavy atom. The highest BCUT2D eigenvalue weighted by Gasteiger charge is 2.00. The Bertz CT molecular complexity index is 529. The highest BCUT2D eigenvalue weighted by Crippen LogP contribution is 2.15. The van der Waals surface area contributed by atoms with Crippen molar-refractivity contribution in [1.29, 1.82) is 0 Å². The van der Waals surface area contributed by atoms with E-state index in [2.05, 4.69) is 66.4 Å². The molecular formula is C21H38N4OS2. The molecule has 0 atom stereocenters. The minimum atomic E-state index is 0.480. The van der Waals surface area contributed by atoms with E-state index in [9.17, 15) is 0 Å². The molecule has 3 rings (SSSR count). The Morgan fingerprint density at radius 1 is 0.821 bits per heavy atom. The Hall–Kier alpha value is -1.60. The van der Waals surface area contributed by atoms with Crippen LogP contribution >= 0.6 is 22.7 Å². The molecule has 0 saturated heterocycles. The van der Waals surface area contributed by atoms with E-state index in [-0.39, 0.29) is 0 Å². The molecular weight excluding hydrogens is 388 g/mol. The van der Waals surface area contributed by atoms with Crippen molar-refractivity contribution < 1.29 is 4.52 Å². The Balaban J connectivity index is 0. The highest BCUT2D eigenvalue weighted by atomic mass is 32.1. The first-order chi connectivity index (χ1) is 13.4. The van der Waals surface area contributed by atoms with Crippen molar-refractivity contribution in [3.8, 4) is 0 Å². The van der Waals surface area contributed by atoms with Crippen molar-refractivity contribution in [3.05, 3.63) is 45.1 Å². The average molecular weight is 427 g/mol. The lowest BCUT2D eigenvalue weighted by Crippen LogP contribution is -1.83. The molecule has 0 N–H and O–H groups in total. The van der Waals surface area contributed by atoms with E-state index < -0.39 is 0 Å². The lowest BCUT2D eigenvalue weighted by atomic mass is 10.1.